The Balaban J connectivity index is 1.61. The van der Waals surface area contributed by atoms with Crippen molar-refractivity contribution in [1.82, 2.24) is 10.3 Å². The first-order valence-corrected chi connectivity index (χ1v) is 6.61. The van der Waals surface area contributed by atoms with Crippen LogP contribution in [0.1, 0.15) is 44.2 Å². The number of nitrogens with one attached hydrogen (secondary N) is 1. The molecule has 1 saturated carbocycles. The maximum Gasteiger partial charge on any atom is 0.0594 e. The molecule has 3 nitrogen and oxygen atoms in total. The van der Waals surface area contributed by atoms with E-state index in [0.29, 0.717) is 12.1 Å². The molecule has 1 aromatic rings. The second kappa shape index (κ2) is 6.72. The number of ether oxygens (including phenoxy) is 1. The summed E-state index contributed by atoms with van der Waals surface area (Å²) < 4.78 is 5.81. The van der Waals surface area contributed by atoms with E-state index < -0.39 is 0 Å². The van der Waals surface area contributed by atoms with Crippen LogP contribution in [-0.2, 0) is 4.74 Å². The van der Waals surface area contributed by atoms with Gasteiger partial charge in [0.1, 0.15) is 0 Å². The van der Waals surface area contributed by atoms with E-state index in [0.717, 1.165) is 13.2 Å². The first-order valence-electron chi connectivity index (χ1n) is 6.61. The zero-order valence-corrected chi connectivity index (χ0v) is 10.6. The summed E-state index contributed by atoms with van der Waals surface area (Å²) >= 11 is 0. The van der Waals surface area contributed by atoms with Crippen LogP contribution in [0.15, 0.2) is 24.5 Å². The zero-order valence-electron chi connectivity index (χ0n) is 10.6. The van der Waals surface area contributed by atoms with E-state index in [2.05, 4.69) is 23.3 Å². The fraction of sp³-hybridized carbons (Fsp3) is 0.643. The van der Waals surface area contributed by atoms with E-state index in [9.17, 15) is 0 Å². The molecule has 0 amide bonds. The van der Waals surface area contributed by atoms with Crippen molar-refractivity contribution in [3.8, 4) is 0 Å². The highest BCUT2D eigenvalue weighted by atomic mass is 16.5. The van der Waals surface area contributed by atoms with E-state index in [1.54, 1.807) is 6.20 Å². The van der Waals surface area contributed by atoms with Gasteiger partial charge in [0.2, 0.25) is 0 Å². The van der Waals surface area contributed by atoms with E-state index in [1.807, 2.05) is 12.3 Å². The predicted molar refractivity (Wildman–Crippen MR) is 68.9 cm³/mol. The Hall–Kier alpha value is -0.930. The third kappa shape index (κ3) is 4.10. The second-order valence-electron chi connectivity index (χ2n) is 4.74. The minimum Gasteiger partial charge on any atom is -0.377 e. The van der Waals surface area contributed by atoms with Gasteiger partial charge in [-0.15, -0.1) is 0 Å². The maximum atomic E-state index is 5.81. The van der Waals surface area contributed by atoms with Crippen molar-refractivity contribution in [1.29, 1.82) is 0 Å². The number of pyridine rings is 1. The van der Waals surface area contributed by atoms with Gasteiger partial charge >= 0.3 is 0 Å². The lowest BCUT2D eigenvalue weighted by molar-refractivity contribution is 0.0593. The summed E-state index contributed by atoms with van der Waals surface area (Å²) in [5.41, 5.74) is 1.23. The topological polar surface area (TPSA) is 34.1 Å². The normalized spacial score (nSPS) is 18.4. The largest absolute Gasteiger partial charge is 0.377 e. The number of nitrogens with zero attached hydrogens (tertiary/aromatic N) is 1. The van der Waals surface area contributed by atoms with Crippen molar-refractivity contribution in [2.75, 3.05) is 13.2 Å². The van der Waals surface area contributed by atoms with Crippen LogP contribution in [0, 0.1) is 0 Å². The molecule has 0 aromatic carbocycles. The van der Waals surface area contributed by atoms with Gasteiger partial charge in [0, 0.05) is 25.0 Å². The zero-order chi connectivity index (χ0) is 11.9. The van der Waals surface area contributed by atoms with Gasteiger partial charge in [-0.2, -0.15) is 0 Å². The summed E-state index contributed by atoms with van der Waals surface area (Å²) in [6.45, 7) is 3.88. The van der Waals surface area contributed by atoms with Crippen LogP contribution in [0.2, 0.25) is 0 Å². The maximum absolute atomic E-state index is 5.81. The van der Waals surface area contributed by atoms with Gasteiger partial charge in [0.05, 0.1) is 12.7 Å². The minimum atomic E-state index is 0.343. The van der Waals surface area contributed by atoms with Crippen LogP contribution in [0.5, 0.6) is 0 Å². The van der Waals surface area contributed by atoms with E-state index in [1.165, 1.54) is 31.2 Å². The monoisotopic (exact) mass is 234 g/mol. The van der Waals surface area contributed by atoms with Gasteiger partial charge in [0.15, 0.2) is 0 Å². The molecule has 1 aromatic heterocycles. The minimum absolute atomic E-state index is 0.343. The summed E-state index contributed by atoms with van der Waals surface area (Å²) in [4.78, 5) is 4.13. The molecule has 1 fully saturated rings. The van der Waals surface area contributed by atoms with Gasteiger partial charge in [-0.25, -0.2) is 0 Å². The Morgan fingerprint density at radius 2 is 2.29 bits per heavy atom. The van der Waals surface area contributed by atoms with Gasteiger partial charge in [-0.3, -0.25) is 4.98 Å². The molecular formula is C14H22N2O. The molecular weight excluding hydrogens is 212 g/mol. The van der Waals surface area contributed by atoms with Gasteiger partial charge < -0.3 is 10.1 Å². The quantitative estimate of drug-likeness (QED) is 0.768. The molecule has 94 valence electrons. The van der Waals surface area contributed by atoms with Crippen LogP contribution < -0.4 is 5.32 Å². The van der Waals surface area contributed by atoms with E-state index in [4.69, 9.17) is 4.74 Å². The number of hydrogen-bond acceptors (Lipinski definition) is 3. The fourth-order valence-corrected chi connectivity index (χ4v) is 2.31. The third-order valence-electron chi connectivity index (χ3n) is 3.39. The highest BCUT2D eigenvalue weighted by molar-refractivity contribution is 5.12. The lowest BCUT2D eigenvalue weighted by atomic mass is 10.1. The highest BCUT2D eigenvalue weighted by Crippen LogP contribution is 2.20. The SMILES string of the molecule is CC(NCCOC1CCCC1)c1cccnc1. The first-order chi connectivity index (χ1) is 8.36. The smallest absolute Gasteiger partial charge is 0.0594 e. The average Bonchev–Trinajstić information content (AvgIpc) is 2.88. The van der Waals surface area contributed by atoms with Crippen LogP contribution in [0.3, 0.4) is 0 Å². The van der Waals surface area contributed by atoms with Crippen LogP contribution >= 0.6 is 0 Å². The first kappa shape index (κ1) is 12.5. The van der Waals surface area contributed by atoms with Gasteiger partial charge in [-0.05, 0) is 31.4 Å². The van der Waals surface area contributed by atoms with Crippen LogP contribution in [0.25, 0.3) is 0 Å². The van der Waals surface area contributed by atoms with Crippen LogP contribution in [0.4, 0.5) is 0 Å². The number of hydrogen-bond donors (Lipinski definition) is 1. The molecule has 0 radical (unpaired) electrons. The Labute approximate surface area is 104 Å². The average molecular weight is 234 g/mol. The van der Waals surface area contributed by atoms with Gasteiger partial charge in [0.25, 0.3) is 0 Å². The second-order valence-corrected chi connectivity index (χ2v) is 4.74. The molecule has 0 saturated heterocycles. The molecule has 0 bridgehead atoms. The van der Waals surface area contributed by atoms with Gasteiger partial charge in [-0.1, -0.05) is 18.9 Å². The summed E-state index contributed by atoms with van der Waals surface area (Å²) in [6, 6.07) is 4.42. The summed E-state index contributed by atoms with van der Waals surface area (Å²) in [5.74, 6) is 0. The van der Waals surface area contributed by atoms with Crippen molar-refractivity contribution in [3.05, 3.63) is 30.1 Å². The van der Waals surface area contributed by atoms with Crippen molar-refractivity contribution >= 4 is 0 Å². The number of aromatic nitrogens is 1. The van der Waals surface area contributed by atoms with Crippen molar-refractivity contribution in [2.45, 2.75) is 44.8 Å². The third-order valence-corrected chi connectivity index (χ3v) is 3.39. The number of rotatable bonds is 6. The summed E-state index contributed by atoms with van der Waals surface area (Å²) in [5, 5.41) is 3.46. The summed E-state index contributed by atoms with van der Waals surface area (Å²) in [7, 11) is 0. The molecule has 1 heterocycles. The molecule has 2 rings (SSSR count). The van der Waals surface area contributed by atoms with Crippen molar-refractivity contribution < 1.29 is 4.74 Å². The van der Waals surface area contributed by atoms with Crippen molar-refractivity contribution in [2.24, 2.45) is 0 Å². The van der Waals surface area contributed by atoms with Crippen molar-refractivity contribution in [3.63, 3.8) is 0 Å². The Morgan fingerprint density at radius 3 is 3.00 bits per heavy atom. The highest BCUT2D eigenvalue weighted by Gasteiger charge is 2.14. The van der Waals surface area contributed by atoms with E-state index >= 15 is 0 Å². The van der Waals surface area contributed by atoms with E-state index in [-0.39, 0.29) is 0 Å². The lowest BCUT2D eigenvalue weighted by Crippen LogP contribution is -2.25. The molecule has 1 unspecified atom stereocenters. The molecule has 1 aliphatic carbocycles. The summed E-state index contributed by atoms with van der Waals surface area (Å²) in [6.07, 6.45) is 9.41. The molecule has 1 N–H and O–H groups in total. The standard InChI is InChI=1S/C14H22N2O/c1-12(13-5-4-8-15-11-13)16-9-10-17-14-6-2-3-7-14/h4-5,8,11-12,14,16H,2-3,6-7,9-10H2,1H3. The fourth-order valence-electron chi connectivity index (χ4n) is 2.31. The molecule has 0 aliphatic heterocycles. The molecule has 3 heteroatoms. The Bertz CT molecular complexity index is 309. The molecule has 1 atom stereocenters. The molecule has 17 heavy (non-hydrogen) atoms. The lowest BCUT2D eigenvalue weighted by Gasteiger charge is -2.15. The van der Waals surface area contributed by atoms with Crippen LogP contribution in [-0.4, -0.2) is 24.2 Å². The Kier molecular flexibility index (Phi) is 4.95. The predicted octanol–water partition coefficient (Wildman–Crippen LogP) is 2.69. The Morgan fingerprint density at radius 1 is 1.47 bits per heavy atom. The molecule has 0 spiro atoms. The molecule has 1 aliphatic rings.